The van der Waals surface area contributed by atoms with Gasteiger partial charge in [0.2, 0.25) is 0 Å². The first-order chi connectivity index (χ1) is 10.2. The van der Waals surface area contributed by atoms with Gasteiger partial charge in [-0.3, -0.25) is 9.59 Å². The molecule has 4 heteroatoms. The van der Waals surface area contributed by atoms with Crippen molar-refractivity contribution in [2.24, 2.45) is 5.73 Å². The summed E-state index contributed by atoms with van der Waals surface area (Å²) in [5.41, 5.74) is 6.35. The van der Waals surface area contributed by atoms with Gasteiger partial charge in [0.25, 0.3) is 0 Å². The van der Waals surface area contributed by atoms with Crippen molar-refractivity contribution in [2.45, 2.75) is 6.92 Å². The van der Waals surface area contributed by atoms with Crippen molar-refractivity contribution < 1.29 is 14.3 Å². The highest BCUT2D eigenvalue weighted by Gasteiger charge is 2.06. The summed E-state index contributed by atoms with van der Waals surface area (Å²) in [6.07, 6.45) is 0. The highest BCUT2D eigenvalue weighted by molar-refractivity contribution is 6.08. The monoisotopic (exact) mass is 285 g/mol. The van der Waals surface area contributed by atoms with Gasteiger partial charge in [0.1, 0.15) is 0 Å². The van der Waals surface area contributed by atoms with Crippen molar-refractivity contribution in [2.75, 3.05) is 13.2 Å². The van der Waals surface area contributed by atoms with Crippen molar-refractivity contribution in [1.82, 2.24) is 0 Å². The fraction of sp³-hybridized carbons (Fsp3) is 0.176. The zero-order valence-electron chi connectivity index (χ0n) is 12.0. The molecule has 4 nitrogen and oxygen atoms in total. The van der Waals surface area contributed by atoms with Gasteiger partial charge in [-0.2, -0.15) is 0 Å². The maximum absolute atomic E-state index is 11.8. The van der Waals surface area contributed by atoms with Gasteiger partial charge in [-0.25, -0.2) is 0 Å². The molecule has 0 radical (unpaired) electrons. The average molecular weight is 285 g/mol. The molecule has 0 aliphatic heterocycles. The van der Waals surface area contributed by atoms with Crippen LogP contribution in [0.3, 0.4) is 0 Å². The van der Waals surface area contributed by atoms with Crippen LogP contribution >= 0.6 is 0 Å². The summed E-state index contributed by atoms with van der Waals surface area (Å²) < 4.78 is 4.43. The molecule has 0 aromatic heterocycles. The highest BCUT2D eigenvalue weighted by Crippen LogP contribution is 2.08. The summed E-state index contributed by atoms with van der Waals surface area (Å²) in [7, 11) is 0. The fourth-order valence-corrected chi connectivity index (χ4v) is 1.57. The van der Waals surface area contributed by atoms with Gasteiger partial charge in [0.05, 0.1) is 13.2 Å². The second kappa shape index (κ2) is 9.44. The second-order valence-corrected chi connectivity index (χ2v) is 4.07. The fourth-order valence-electron chi connectivity index (χ4n) is 1.57. The Kier molecular flexibility index (Phi) is 7.46. The van der Waals surface area contributed by atoms with Crippen LogP contribution in [0.2, 0.25) is 0 Å². The molecule has 0 unspecified atom stereocenters. The summed E-state index contributed by atoms with van der Waals surface area (Å²) in [4.78, 5) is 21.9. The van der Waals surface area contributed by atoms with Gasteiger partial charge in [-0.1, -0.05) is 60.7 Å². The van der Waals surface area contributed by atoms with Crippen molar-refractivity contribution in [1.29, 1.82) is 0 Å². The molecule has 2 rings (SSSR count). The predicted octanol–water partition coefficient (Wildman–Crippen LogP) is 2.43. The van der Waals surface area contributed by atoms with E-state index < -0.39 is 0 Å². The maximum atomic E-state index is 11.8. The standard InChI is InChI=1S/C13H10O.C4H9NO2/c14-13(11-7-3-1-4-8-11)12-9-5-2-6-10-12;1-2-7-4(6)3-5/h1-10H;2-3,5H2,1H3. The quantitative estimate of drug-likeness (QED) is 0.692. The van der Waals surface area contributed by atoms with Crippen molar-refractivity contribution in [3.63, 3.8) is 0 Å². The number of esters is 1. The molecule has 0 bridgehead atoms. The van der Waals surface area contributed by atoms with Crippen LogP contribution in [0.5, 0.6) is 0 Å². The minimum atomic E-state index is -0.345. The average Bonchev–Trinajstić information content (AvgIpc) is 2.56. The van der Waals surface area contributed by atoms with Gasteiger partial charge in [0, 0.05) is 11.1 Å². The van der Waals surface area contributed by atoms with Crippen LogP contribution in [0.4, 0.5) is 0 Å². The molecule has 2 N–H and O–H groups in total. The summed E-state index contributed by atoms with van der Waals surface area (Å²) >= 11 is 0. The van der Waals surface area contributed by atoms with E-state index in [1.54, 1.807) is 6.92 Å². The third kappa shape index (κ3) is 6.01. The molecule has 2 aromatic carbocycles. The normalized spacial score (nSPS) is 9.24. The molecule has 21 heavy (non-hydrogen) atoms. The number of carbonyl (C=O) groups is 2. The van der Waals surface area contributed by atoms with Gasteiger partial charge in [-0.15, -0.1) is 0 Å². The number of carbonyl (C=O) groups excluding carboxylic acids is 2. The van der Waals surface area contributed by atoms with Crippen LogP contribution in [0.25, 0.3) is 0 Å². The lowest BCUT2D eigenvalue weighted by Crippen LogP contribution is -2.16. The number of rotatable bonds is 4. The van der Waals surface area contributed by atoms with Crippen molar-refractivity contribution in [3.8, 4) is 0 Å². The summed E-state index contributed by atoms with van der Waals surface area (Å²) in [5.74, 6) is -0.270. The third-order valence-electron chi connectivity index (χ3n) is 2.54. The van der Waals surface area contributed by atoms with E-state index in [4.69, 9.17) is 5.73 Å². The first kappa shape index (κ1) is 16.6. The van der Waals surface area contributed by atoms with Crippen LogP contribution in [-0.4, -0.2) is 24.9 Å². The molecule has 0 saturated carbocycles. The zero-order chi connectivity index (χ0) is 15.5. The Hall–Kier alpha value is -2.46. The van der Waals surface area contributed by atoms with Crippen LogP contribution in [0, 0.1) is 0 Å². The Bertz CT molecular complexity index is 511. The molecule has 0 aliphatic rings. The smallest absolute Gasteiger partial charge is 0.319 e. The first-order valence-electron chi connectivity index (χ1n) is 6.69. The lowest BCUT2D eigenvalue weighted by atomic mass is 10.0. The molecule has 0 spiro atoms. The second-order valence-electron chi connectivity index (χ2n) is 4.07. The number of hydrogen-bond donors (Lipinski definition) is 1. The minimum absolute atomic E-state index is 0.0200. The molecular weight excluding hydrogens is 266 g/mol. The molecule has 0 saturated heterocycles. The Morgan fingerprint density at radius 1 is 0.905 bits per heavy atom. The lowest BCUT2D eigenvalue weighted by molar-refractivity contribution is -0.141. The lowest BCUT2D eigenvalue weighted by Gasteiger charge is -1.99. The minimum Gasteiger partial charge on any atom is -0.465 e. The highest BCUT2D eigenvalue weighted by atomic mass is 16.5. The van der Waals surface area contributed by atoms with E-state index in [1.165, 1.54) is 0 Å². The van der Waals surface area contributed by atoms with E-state index in [0.717, 1.165) is 11.1 Å². The molecule has 0 heterocycles. The Balaban J connectivity index is 0.000000270. The third-order valence-corrected chi connectivity index (χ3v) is 2.54. The maximum Gasteiger partial charge on any atom is 0.319 e. The molecule has 0 atom stereocenters. The van der Waals surface area contributed by atoms with Gasteiger partial charge in [0.15, 0.2) is 5.78 Å². The van der Waals surface area contributed by atoms with Crippen LogP contribution in [-0.2, 0) is 9.53 Å². The van der Waals surface area contributed by atoms with E-state index in [9.17, 15) is 9.59 Å². The van der Waals surface area contributed by atoms with E-state index in [2.05, 4.69) is 4.74 Å². The summed E-state index contributed by atoms with van der Waals surface area (Å²) in [6.45, 7) is 2.14. The topological polar surface area (TPSA) is 69.4 Å². The summed E-state index contributed by atoms with van der Waals surface area (Å²) in [5, 5.41) is 0. The molecule has 2 aromatic rings. The van der Waals surface area contributed by atoms with Gasteiger partial charge >= 0.3 is 5.97 Å². The zero-order valence-corrected chi connectivity index (χ0v) is 12.0. The van der Waals surface area contributed by atoms with E-state index in [1.807, 2.05) is 60.7 Å². The molecule has 0 aliphatic carbocycles. The summed E-state index contributed by atoms with van der Waals surface area (Å²) in [6, 6.07) is 18.6. The number of hydrogen-bond acceptors (Lipinski definition) is 4. The Labute approximate surface area is 124 Å². The molecule has 0 fully saturated rings. The van der Waals surface area contributed by atoms with Crippen molar-refractivity contribution >= 4 is 11.8 Å². The van der Waals surface area contributed by atoms with E-state index in [0.29, 0.717) is 6.61 Å². The largest absolute Gasteiger partial charge is 0.465 e. The Morgan fingerprint density at radius 3 is 1.62 bits per heavy atom. The molecule has 110 valence electrons. The number of ether oxygens (including phenoxy) is 1. The SMILES string of the molecule is CCOC(=O)CN.O=C(c1ccccc1)c1ccccc1. The van der Waals surface area contributed by atoms with Gasteiger partial charge in [-0.05, 0) is 6.92 Å². The van der Waals surface area contributed by atoms with Crippen molar-refractivity contribution in [3.05, 3.63) is 71.8 Å². The van der Waals surface area contributed by atoms with Crippen LogP contribution in [0.1, 0.15) is 22.8 Å². The predicted molar refractivity (Wildman–Crippen MR) is 82.0 cm³/mol. The molecular formula is C17H19NO3. The molecule has 0 amide bonds. The van der Waals surface area contributed by atoms with E-state index >= 15 is 0 Å². The first-order valence-corrected chi connectivity index (χ1v) is 6.69. The van der Waals surface area contributed by atoms with Gasteiger partial charge < -0.3 is 10.5 Å². The number of nitrogens with two attached hydrogens (primary N) is 1. The van der Waals surface area contributed by atoms with E-state index in [-0.39, 0.29) is 18.3 Å². The van der Waals surface area contributed by atoms with Crippen LogP contribution in [0.15, 0.2) is 60.7 Å². The number of benzene rings is 2. The van der Waals surface area contributed by atoms with Crippen LogP contribution < -0.4 is 5.73 Å². The number of ketones is 1. The Morgan fingerprint density at radius 2 is 1.33 bits per heavy atom.